The predicted octanol–water partition coefficient (Wildman–Crippen LogP) is -5.71. The number of nitrogens with zero attached hydrogens (tertiary/aromatic N) is 2. The highest BCUT2D eigenvalue weighted by atomic mass is 32.2. The predicted molar refractivity (Wildman–Crippen MR) is 245 cm³/mol. The minimum Gasteiger partial charge on any atom is -0.481 e. The Morgan fingerprint density at radius 1 is 0.478 bits per heavy atom. The fourth-order valence-electron chi connectivity index (χ4n) is 5.95. The number of carboxylic acids is 3. The highest BCUT2D eigenvalue weighted by molar-refractivity contribution is 7.98. The zero-order valence-corrected chi connectivity index (χ0v) is 38.4. The molecule has 380 valence electrons. The molecule has 0 aliphatic heterocycles. The molecule has 0 radical (unpaired) electrons. The number of unbranched alkanes of at least 4 members (excludes halogenated alkanes) is 1. The van der Waals surface area contributed by atoms with Gasteiger partial charge in [0.15, 0.2) is 11.9 Å². The van der Waals surface area contributed by atoms with Gasteiger partial charge in [0.2, 0.25) is 41.4 Å². The first kappa shape index (κ1) is 60.5. The molecule has 0 aromatic heterocycles. The third-order valence-electron chi connectivity index (χ3n) is 9.56. The summed E-state index contributed by atoms with van der Waals surface area (Å²) >= 11 is 1.35. The summed E-state index contributed by atoms with van der Waals surface area (Å²) in [5.41, 5.74) is 38.2. The first-order valence-electron chi connectivity index (χ1n) is 21.3. The lowest BCUT2D eigenvalue weighted by Crippen LogP contribution is -2.60. The molecule has 0 fully saturated rings. The van der Waals surface area contributed by atoms with E-state index in [4.69, 9.17) is 40.1 Å². The molecule has 0 saturated carbocycles. The van der Waals surface area contributed by atoms with Crippen molar-refractivity contribution in [2.75, 3.05) is 31.6 Å². The first-order valence-corrected chi connectivity index (χ1v) is 22.7. The SMILES string of the molecule is CSCCC(NC(=O)C(N)CCCN=C(N)N)C(=O)NC(CCC(N)=O)C(=O)NC(CCC(=O)O)C(=O)NC(CCCCN)C(=O)NC(CCC(=O)O)C(=O)NC(CCCN=C(N)N)C(=O)O. The van der Waals surface area contributed by atoms with Crippen molar-refractivity contribution >= 4 is 82.9 Å². The van der Waals surface area contributed by atoms with Crippen molar-refractivity contribution in [2.45, 2.75) is 132 Å². The summed E-state index contributed by atoms with van der Waals surface area (Å²) in [5.74, 6) is -10.9. The number of aliphatic imine (C=N–C) groups is 2. The lowest BCUT2D eigenvalue weighted by molar-refractivity contribution is -0.143. The minimum absolute atomic E-state index is 0.0288. The van der Waals surface area contributed by atoms with Crippen LogP contribution in [0.1, 0.15) is 89.9 Å². The Morgan fingerprint density at radius 2 is 0.836 bits per heavy atom. The van der Waals surface area contributed by atoms with Crippen molar-refractivity contribution in [3.8, 4) is 0 Å². The van der Waals surface area contributed by atoms with Crippen LogP contribution in [0.2, 0.25) is 0 Å². The second kappa shape index (κ2) is 33.9. The monoisotopic (exact) mass is 975 g/mol. The summed E-state index contributed by atoms with van der Waals surface area (Å²) in [7, 11) is 0. The summed E-state index contributed by atoms with van der Waals surface area (Å²) < 4.78 is 0. The molecule has 0 aromatic rings. The largest absolute Gasteiger partial charge is 0.481 e. The van der Waals surface area contributed by atoms with Gasteiger partial charge in [-0.05, 0) is 89.2 Å². The molecule has 29 heteroatoms. The maximum atomic E-state index is 13.9. The Hall–Kier alpha value is -6.49. The van der Waals surface area contributed by atoms with Crippen LogP contribution < -0.4 is 72.0 Å². The average Bonchev–Trinajstić information content (AvgIpc) is 3.24. The Balaban J connectivity index is 6.56. The van der Waals surface area contributed by atoms with Gasteiger partial charge < -0.3 is 87.4 Å². The van der Waals surface area contributed by atoms with E-state index in [2.05, 4.69) is 41.9 Å². The Labute approximate surface area is 391 Å². The van der Waals surface area contributed by atoms with Gasteiger partial charge in [0.05, 0.1) is 6.04 Å². The molecule has 0 aromatic carbocycles. The fraction of sp³-hybridized carbons (Fsp3) is 0.684. The van der Waals surface area contributed by atoms with Gasteiger partial charge in [-0.3, -0.25) is 53.1 Å². The van der Waals surface area contributed by atoms with E-state index >= 15 is 0 Å². The summed E-state index contributed by atoms with van der Waals surface area (Å²) in [5, 5.41) is 43.0. The van der Waals surface area contributed by atoms with E-state index in [-0.39, 0.29) is 70.1 Å². The van der Waals surface area contributed by atoms with Gasteiger partial charge in [-0.25, -0.2) is 4.79 Å². The number of carbonyl (C=O) groups is 10. The molecule has 28 nitrogen and oxygen atoms in total. The van der Waals surface area contributed by atoms with Crippen LogP contribution in [0.25, 0.3) is 0 Å². The van der Waals surface area contributed by atoms with Crippen LogP contribution in [-0.4, -0.2) is 160 Å². The molecular formula is C38H69N15O13S. The van der Waals surface area contributed by atoms with Crippen LogP contribution in [0.3, 0.4) is 0 Å². The number of aliphatic carboxylic acids is 3. The molecule has 0 aliphatic rings. The van der Waals surface area contributed by atoms with Gasteiger partial charge in [0.1, 0.15) is 36.3 Å². The number of thioether (sulfide) groups is 1. The fourth-order valence-corrected chi connectivity index (χ4v) is 6.42. The number of rotatable bonds is 37. The maximum absolute atomic E-state index is 13.9. The van der Waals surface area contributed by atoms with Gasteiger partial charge in [-0.1, -0.05) is 0 Å². The third kappa shape index (κ3) is 28.2. The van der Waals surface area contributed by atoms with Crippen molar-refractivity contribution in [1.29, 1.82) is 0 Å². The average molecular weight is 976 g/mol. The van der Waals surface area contributed by atoms with E-state index in [9.17, 15) is 63.3 Å². The standard InChI is InChI=1S/C38H69N15O13S/c1-67-19-15-25(48-30(59)20(40)6-4-17-46-37(42)43)35(64)50-22(9-12-27(41)54)32(61)52-23(10-13-28(55)56)33(62)49-21(7-2-3-16-39)31(60)51-24(11-14-29(57)58)34(63)53-26(36(65)66)8-5-18-47-38(44)45/h20-26H,2-19,39-40H2,1H3,(H2,41,54)(H,48,59)(H,49,62)(H,50,64)(H,51,60)(H,52,61)(H,53,63)(H,55,56)(H,57,58)(H,65,66)(H4,42,43,46)(H4,44,45,47). The van der Waals surface area contributed by atoms with Crippen molar-refractivity contribution < 1.29 is 63.3 Å². The topological polar surface area (TPSA) is 510 Å². The maximum Gasteiger partial charge on any atom is 0.326 e. The summed E-state index contributed by atoms with van der Waals surface area (Å²) in [6.07, 6.45) is -0.583. The van der Waals surface area contributed by atoms with E-state index in [0.717, 1.165) is 0 Å². The zero-order valence-electron chi connectivity index (χ0n) is 37.5. The smallest absolute Gasteiger partial charge is 0.326 e. The van der Waals surface area contributed by atoms with Crippen molar-refractivity contribution in [2.24, 2.45) is 50.1 Å². The molecular weight excluding hydrogens is 907 g/mol. The highest BCUT2D eigenvalue weighted by Crippen LogP contribution is 2.10. The van der Waals surface area contributed by atoms with Crippen molar-refractivity contribution in [1.82, 2.24) is 31.9 Å². The lowest BCUT2D eigenvalue weighted by atomic mass is 10.0. The van der Waals surface area contributed by atoms with Gasteiger partial charge in [-0.15, -0.1) is 0 Å². The number of hydrogen-bond acceptors (Lipinski definition) is 15. The van der Waals surface area contributed by atoms with Gasteiger partial charge in [-0.2, -0.15) is 11.8 Å². The molecule has 67 heavy (non-hydrogen) atoms. The van der Waals surface area contributed by atoms with Crippen LogP contribution in [0, 0.1) is 0 Å². The number of nitrogens with two attached hydrogens (primary N) is 7. The summed E-state index contributed by atoms with van der Waals surface area (Å²) in [4.78, 5) is 136. The van der Waals surface area contributed by atoms with E-state index in [1.807, 2.05) is 0 Å². The number of carbonyl (C=O) groups excluding carboxylic acids is 7. The van der Waals surface area contributed by atoms with Crippen molar-refractivity contribution in [3.05, 3.63) is 0 Å². The molecule has 7 unspecified atom stereocenters. The second-order valence-corrected chi connectivity index (χ2v) is 16.1. The van der Waals surface area contributed by atoms with Crippen LogP contribution in [0.5, 0.6) is 0 Å². The Bertz CT molecular complexity index is 1730. The minimum atomic E-state index is -1.70. The quantitative estimate of drug-likeness (QED) is 0.0157. The molecule has 7 atom stereocenters. The summed E-state index contributed by atoms with van der Waals surface area (Å²) in [6, 6.07) is -10.2. The Kier molecular flexibility index (Phi) is 30.6. The van der Waals surface area contributed by atoms with E-state index < -0.39 is 140 Å². The zero-order chi connectivity index (χ0) is 51.1. The molecule has 0 spiro atoms. The number of amides is 7. The normalized spacial score (nSPS) is 13.9. The summed E-state index contributed by atoms with van der Waals surface area (Å²) in [6.45, 7) is 0.386. The molecule has 0 rings (SSSR count). The highest BCUT2D eigenvalue weighted by Gasteiger charge is 2.34. The molecule has 0 heterocycles. The molecule has 7 amide bonds. The van der Waals surface area contributed by atoms with E-state index in [0.29, 0.717) is 18.6 Å². The van der Waals surface area contributed by atoms with Crippen molar-refractivity contribution in [3.63, 3.8) is 0 Å². The number of guanidine groups is 2. The number of hydrogen-bond donors (Lipinski definition) is 16. The van der Waals surface area contributed by atoms with Gasteiger partial charge in [0.25, 0.3) is 0 Å². The lowest BCUT2D eigenvalue weighted by Gasteiger charge is -2.27. The van der Waals surface area contributed by atoms with Crippen LogP contribution in [0.15, 0.2) is 9.98 Å². The van der Waals surface area contributed by atoms with Crippen LogP contribution in [0.4, 0.5) is 0 Å². The number of nitrogens with one attached hydrogen (secondary N) is 6. The Morgan fingerprint density at radius 3 is 1.21 bits per heavy atom. The third-order valence-corrected chi connectivity index (χ3v) is 10.2. The first-order chi connectivity index (χ1) is 31.5. The van der Waals surface area contributed by atoms with E-state index in [1.165, 1.54) is 11.8 Å². The number of primary amides is 1. The second-order valence-electron chi connectivity index (χ2n) is 15.1. The van der Waals surface area contributed by atoms with Crippen LogP contribution >= 0.6 is 11.8 Å². The molecule has 0 bridgehead atoms. The number of carboxylic acid groups (broad SMARTS) is 3. The molecule has 23 N–H and O–H groups in total. The van der Waals surface area contributed by atoms with Crippen LogP contribution in [-0.2, 0) is 47.9 Å². The molecule has 0 saturated heterocycles. The molecule has 0 aliphatic carbocycles. The van der Waals surface area contributed by atoms with E-state index in [1.54, 1.807) is 6.26 Å². The van der Waals surface area contributed by atoms with Gasteiger partial charge in [0, 0.05) is 32.4 Å². The van der Waals surface area contributed by atoms with Gasteiger partial charge >= 0.3 is 17.9 Å².